The van der Waals surface area contributed by atoms with E-state index in [0.29, 0.717) is 17.9 Å². The molecule has 2 heterocycles. The Morgan fingerprint density at radius 2 is 2.17 bits per heavy atom. The van der Waals surface area contributed by atoms with Crippen molar-refractivity contribution >= 4 is 11.8 Å². The van der Waals surface area contributed by atoms with Gasteiger partial charge in [0.15, 0.2) is 0 Å². The van der Waals surface area contributed by atoms with E-state index in [2.05, 4.69) is 0 Å². The molecule has 1 spiro atoms. The van der Waals surface area contributed by atoms with E-state index in [1.165, 1.54) is 5.56 Å². The smallest absolute Gasteiger partial charge is 0.274 e. The maximum absolute atomic E-state index is 12.4. The lowest BCUT2D eigenvalue weighted by Crippen LogP contribution is -2.41. The molecule has 3 aliphatic rings. The maximum Gasteiger partial charge on any atom is 0.274 e. The van der Waals surface area contributed by atoms with Gasteiger partial charge in [-0.2, -0.15) is 0 Å². The van der Waals surface area contributed by atoms with E-state index >= 15 is 0 Å². The Bertz CT molecular complexity index is 686. The molecule has 2 amide bonds. The minimum Gasteiger partial charge on any atom is -0.381 e. The van der Waals surface area contributed by atoms with Crippen LogP contribution in [0.1, 0.15) is 34.3 Å². The summed E-state index contributed by atoms with van der Waals surface area (Å²) in [4.78, 5) is 26.0. The minimum atomic E-state index is -0.483. The van der Waals surface area contributed by atoms with Crippen molar-refractivity contribution in [2.75, 3.05) is 26.3 Å². The second kappa shape index (κ2) is 5.86. The molecule has 1 atom stereocenters. The number of aryl methyl sites for hydroxylation is 1. The number of ether oxygens (including phenoxy) is 1. The Hall–Kier alpha value is -1.92. The van der Waals surface area contributed by atoms with Crippen LogP contribution in [0, 0.1) is 11.3 Å². The SMILES string of the molecule is O=C(NO)c1ccc2c(c1)CCC1(CC(=O)N(CC3COC3)C1)C2. The summed E-state index contributed by atoms with van der Waals surface area (Å²) in [5.41, 5.74) is 4.56. The van der Waals surface area contributed by atoms with Crippen LogP contribution in [0.15, 0.2) is 18.2 Å². The van der Waals surface area contributed by atoms with E-state index in [0.717, 1.165) is 51.1 Å². The standard InChI is InChI=1S/C18H22N2O4/c21-16-7-18(11-20(16)8-12-9-24-10-12)4-3-13-5-14(17(22)19-23)1-2-15(13)6-18/h1-2,5,12,23H,3-4,6-11H2,(H,19,22). The average Bonchev–Trinajstić information content (AvgIpc) is 2.85. The van der Waals surface area contributed by atoms with Gasteiger partial charge in [0.2, 0.25) is 5.91 Å². The van der Waals surface area contributed by atoms with Crippen molar-refractivity contribution < 1.29 is 19.5 Å². The van der Waals surface area contributed by atoms with Gasteiger partial charge in [-0.1, -0.05) is 6.07 Å². The third-order valence-corrected chi connectivity index (χ3v) is 5.65. The fraction of sp³-hybridized carbons (Fsp3) is 0.556. The molecule has 4 rings (SSSR count). The van der Waals surface area contributed by atoms with Gasteiger partial charge in [0.1, 0.15) is 0 Å². The molecule has 6 nitrogen and oxygen atoms in total. The average molecular weight is 330 g/mol. The van der Waals surface area contributed by atoms with Gasteiger partial charge in [-0.05, 0) is 42.5 Å². The summed E-state index contributed by atoms with van der Waals surface area (Å²) in [6.07, 6.45) is 3.34. The Balaban J connectivity index is 1.49. The number of nitrogens with one attached hydrogen (secondary N) is 1. The highest BCUT2D eigenvalue weighted by Crippen LogP contribution is 2.43. The highest BCUT2D eigenvalue weighted by Gasteiger charge is 2.45. The number of carbonyl (C=O) groups is 2. The van der Waals surface area contributed by atoms with E-state index in [1.54, 1.807) is 11.5 Å². The molecule has 1 unspecified atom stereocenters. The molecule has 2 N–H and O–H groups in total. The van der Waals surface area contributed by atoms with E-state index in [9.17, 15) is 9.59 Å². The van der Waals surface area contributed by atoms with Crippen molar-refractivity contribution in [1.82, 2.24) is 10.4 Å². The maximum atomic E-state index is 12.4. The predicted molar refractivity (Wildman–Crippen MR) is 85.7 cm³/mol. The summed E-state index contributed by atoms with van der Waals surface area (Å²) >= 11 is 0. The Morgan fingerprint density at radius 1 is 1.33 bits per heavy atom. The second-order valence-corrected chi connectivity index (χ2v) is 7.46. The van der Waals surface area contributed by atoms with Gasteiger partial charge in [0, 0.05) is 36.4 Å². The molecule has 2 aliphatic heterocycles. The quantitative estimate of drug-likeness (QED) is 0.644. The van der Waals surface area contributed by atoms with Crippen LogP contribution in [-0.4, -0.2) is 48.2 Å². The number of hydrogen-bond donors (Lipinski definition) is 2. The van der Waals surface area contributed by atoms with Crippen LogP contribution in [0.4, 0.5) is 0 Å². The molecule has 0 bridgehead atoms. The van der Waals surface area contributed by atoms with Gasteiger partial charge in [0.25, 0.3) is 5.91 Å². The Morgan fingerprint density at radius 3 is 2.88 bits per heavy atom. The molecular formula is C18H22N2O4. The Labute approximate surface area is 140 Å². The van der Waals surface area contributed by atoms with Gasteiger partial charge in [-0.25, -0.2) is 5.48 Å². The van der Waals surface area contributed by atoms with Crippen LogP contribution in [0.3, 0.4) is 0 Å². The molecule has 6 heteroatoms. The monoisotopic (exact) mass is 330 g/mol. The summed E-state index contributed by atoms with van der Waals surface area (Å²) in [5, 5.41) is 8.76. The van der Waals surface area contributed by atoms with Crippen molar-refractivity contribution in [3.05, 3.63) is 34.9 Å². The number of nitrogens with zero attached hydrogens (tertiary/aromatic N) is 1. The van der Waals surface area contributed by atoms with E-state index in [1.807, 2.05) is 17.0 Å². The third-order valence-electron chi connectivity index (χ3n) is 5.65. The van der Waals surface area contributed by atoms with Gasteiger partial charge in [-0.3, -0.25) is 14.8 Å². The highest BCUT2D eigenvalue weighted by molar-refractivity contribution is 5.93. The predicted octanol–water partition coefficient (Wildman–Crippen LogP) is 1.16. The number of rotatable bonds is 3. The molecule has 2 fully saturated rings. The normalized spacial score (nSPS) is 26.4. The molecular weight excluding hydrogens is 308 g/mol. The summed E-state index contributed by atoms with van der Waals surface area (Å²) in [6.45, 7) is 3.20. The highest BCUT2D eigenvalue weighted by atomic mass is 16.5. The number of likely N-dealkylation sites (tertiary alicyclic amines) is 1. The van der Waals surface area contributed by atoms with Crippen LogP contribution < -0.4 is 5.48 Å². The second-order valence-electron chi connectivity index (χ2n) is 7.46. The van der Waals surface area contributed by atoms with Crippen molar-refractivity contribution in [3.8, 4) is 0 Å². The van der Waals surface area contributed by atoms with Crippen LogP contribution >= 0.6 is 0 Å². The Kier molecular flexibility index (Phi) is 3.81. The number of hydroxylamine groups is 1. The van der Waals surface area contributed by atoms with Crippen molar-refractivity contribution in [2.45, 2.75) is 25.7 Å². The zero-order chi connectivity index (χ0) is 16.7. The topological polar surface area (TPSA) is 78.9 Å². The van der Waals surface area contributed by atoms with Crippen LogP contribution in [0.2, 0.25) is 0 Å². The van der Waals surface area contributed by atoms with Crippen LogP contribution in [0.5, 0.6) is 0 Å². The number of carbonyl (C=O) groups excluding carboxylic acids is 2. The number of fused-ring (bicyclic) bond motifs is 1. The van der Waals surface area contributed by atoms with Gasteiger partial charge in [0.05, 0.1) is 13.2 Å². The lowest BCUT2D eigenvalue weighted by molar-refractivity contribution is -0.130. The fourth-order valence-electron chi connectivity index (χ4n) is 4.26. The molecule has 128 valence electrons. The van der Waals surface area contributed by atoms with Crippen molar-refractivity contribution in [3.63, 3.8) is 0 Å². The molecule has 1 aliphatic carbocycles. The van der Waals surface area contributed by atoms with Gasteiger partial charge in [-0.15, -0.1) is 0 Å². The molecule has 2 saturated heterocycles. The van der Waals surface area contributed by atoms with Crippen molar-refractivity contribution in [1.29, 1.82) is 0 Å². The van der Waals surface area contributed by atoms with Gasteiger partial charge >= 0.3 is 0 Å². The largest absolute Gasteiger partial charge is 0.381 e. The molecule has 1 aromatic carbocycles. The molecule has 0 aromatic heterocycles. The molecule has 0 radical (unpaired) electrons. The first-order valence-corrected chi connectivity index (χ1v) is 8.50. The van der Waals surface area contributed by atoms with E-state index < -0.39 is 5.91 Å². The molecule has 0 saturated carbocycles. The van der Waals surface area contributed by atoms with Crippen molar-refractivity contribution in [2.24, 2.45) is 11.3 Å². The fourth-order valence-corrected chi connectivity index (χ4v) is 4.26. The number of amides is 2. The number of hydrogen-bond acceptors (Lipinski definition) is 4. The van der Waals surface area contributed by atoms with Gasteiger partial charge < -0.3 is 9.64 Å². The summed E-state index contributed by atoms with van der Waals surface area (Å²) in [5.74, 6) is 0.282. The summed E-state index contributed by atoms with van der Waals surface area (Å²) in [7, 11) is 0. The molecule has 24 heavy (non-hydrogen) atoms. The summed E-state index contributed by atoms with van der Waals surface area (Å²) in [6, 6.07) is 5.56. The third kappa shape index (κ3) is 2.70. The number of benzene rings is 1. The van der Waals surface area contributed by atoms with Crippen LogP contribution in [0.25, 0.3) is 0 Å². The lowest BCUT2D eigenvalue weighted by Gasteiger charge is -2.35. The zero-order valence-corrected chi connectivity index (χ0v) is 13.6. The molecule has 1 aromatic rings. The minimum absolute atomic E-state index is 0.0371. The van der Waals surface area contributed by atoms with E-state index in [4.69, 9.17) is 9.94 Å². The van der Waals surface area contributed by atoms with E-state index in [-0.39, 0.29) is 11.3 Å². The zero-order valence-electron chi connectivity index (χ0n) is 13.6. The first-order valence-electron chi connectivity index (χ1n) is 8.50. The summed E-state index contributed by atoms with van der Waals surface area (Å²) < 4.78 is 5.22. The first-order chi connectivity index (χ1) is 11.6. The lowest BCUT2D eigenvalue weighted by atomic mass is 9.70. The van der Waals surface area contributed by atoms with Crippen LogP contribution in [-0.2, 0) is 22.4 Å². The first kappa shape index (κ1) is 15.6.